The van der Waals surface area contributed by atoms with Crippen LogP contribution in [0.4, 0.5) is 0 Å². The molecule has 35 heavy (non-hydrogen) atoms. The Bertz CT molecular complexity index is 1030. The molecule has 2 bridgehead atoms. The third-order valence-corrected chi connectivity index (χ3v) is 7.96. The Kier molecular flexibility index (Phi) is 7.38. The number of amides is 1. The molecule has 3 N–H and O–H groups in total. The van der Waals surface area contributed by atoms with Crippen molar-refractivity contribution in [1.82, 2.24) is 20.0 Å². The fraction of sp³-hybridized carbons (Fsp3) is 0.630. The maximum Gasteiger partial charge on any atom is 0.241 e. The van der Waals surface area contributed by atoms with Gasteiger partial charge in [-0.1, -0.05) is 30.3 Å². The lowest BCUT2D eigenvalue weighted by Gasteiger charge is -2.52. The number of carbonyl (C=O) groups is 1. The first kappa shape index (κ1) is 25.8. The predicted molar refractivity (Wildman–Crippen MR) is 134 cm³/mol. The van der Waals surface area contributed by atoms with E-state index in [0.29, 0.717) is 25.7 Å². The van der Waals surface area contributed by atoms with Crippen LogP contribution in [0.3, 0.4) is 0 Å². The number of benzene rings is 1. The van der Waals surface area contributed by atoms with Crippen LogP contribution in [0.1, 0.15) is 55.5 Å². The van der Waals surface area contributed by atoms with Crippen LogP contribution in [0.15, 0.2) is 36.4 Å². The van der Waals surface area contributed by atoms with Crippen molar-refractivity contribution in [2.24, 2.45) is 0 Å². The highest BCUT2D eigenvalue weighted by atomic mass is 16.6. The van der Waals surface area contributed by atoms with Crippen molar-refractivity contribution in [3.8, 4) is 0 Å². The number of hydrogen-bond donors (Lipinski definition) is 3. The highest BCUT2D eigenvalue weighted by Crippen LogP contribution is 2.51. The number of aromatic nitrogens is 2. The van der Waals surface area contributed by atoms with Crippen LogP contribution >= 0.6 is 0 Å². The van der Waals surface area contributed by atoms with Gasteiger partial charge in [0.2, 0.25) is 5.91 Å². The van der Waals surface area contributed by atoms with Crippen LogP contribution in [-0.4, -0.2) is 80.9 Å². The second-order valence-corrected chi connectivity index (χ2v) is 10.9. The number of nitrogens with one attached hydrogen (secondary N) is 1. The van der Waals surface area contributed by atoms with E-state index in [4.69, 9.17) is 4.74 Å². The van der Waals surface area contributed by atoms with Gasteiger partial charge in [0.05, 0.1) is 23.0 Å². The molecule has 4 rings (SSSR count). The number of aliphatic hydroxyl groups excluding tert-OH is 2. The van der Waals surface area contributed by atoms with Gasteiger partial charge in [-0.05, 0) is 78.1 Å². The van der Waals surface area contributed by atoms with Crippen molar-refractivity contribution in [3.63, 3.8) is 0 Å². The van der Waals surface area contributed by atoms with E-state index in [2.05, 4.69) is 22.5 Å². The molecule has 8 heteroatoms. The lowest BCUT2D eigenvalue weighted by Crippen LogP contribution is -2.61. The summed E-state index contributed by atoms with van der Waals surface area (Å²) in [6.07, 6.45) is 0.988. The fourth-order valence-electron chi connectivity index (χ4n) is 6.11. The summed E-state index contributed by atoms with van der Waals surface area (Å²) in [6, 6.07) is 12.1. The van der Waals surface area contributed by atoms with Gasteiger partial charge in [0.1, 0.15) is 12.6 Å². The zero-order chi connectivity index (χ0) is 25.4. The molecule has 2 aliphatic rings. The molecule has 3 heterocycles. The number of carbonyl (C=O) groups excluding carboxylic acids is 1. The van der Waals surface area contributed by atoms with Crippen LogP contribution in [0.2, 0.25) is 0 Å². The molecular weight excluding hydrogens is 444 g/mol. The number of aryl methyl sites for hydroxylation is 2. The molecule has 1 aromatic carbocycles. The van der Waals surface area contributed by atoms with Gasteiger partial charge in [0.15, 0.2) is 0 Å². The van der Waals surface area contributed by atoms with Crippen LogP contribution < -0.4 is 5.32 Å². The van der Waals surface area contributed by atoms with E-state index in [1.807, 2.05) is 64.0 Å². The quantitative estimate of drug-likeness (QED) is 0.557. The van der Waals surface area contributed by atoms with Crippen LogP contribution in [0, 0.1) is 13.8 Å². The van der Waals surface area contributed by atoms with Crippen molar-refractivity contribution >= 4 is 5.91 Å². The normalized spacial score (nSPS) is 31.7. The smallest absolute Gasteiger partial charge is 0.241 e. The second kappa shape index (κ2) is 10.0. The van der Waals surface area contributed by atoms with Crippen molar-refractivity contribution in [2.75, 3.05) is 20.6 Å². The molecule has 2 saturated heterocycles. The summed E-state index contributed by atoms with van der Waals surface area (Å²) in [6.45, 7) is 5.97. The lowest BCUT2D eigenvalue weighted by atomic mass is 9.72. The van der Waals surface area contributed by atoms with Crippen LogP contribution in [0.5, 0.6) is 0 Å². The van der Waals surface area contributed by atoms with Gasteiger partial charge >= 0.3 is 0 Å². The Balaban J connectivity index is 1.56. The van der Waals surface area contributed by atoms with E-state index in [0.717, 1.165) is 11.4 Å². The Morgan fingerprint density at radius 2 is 2.00 bits per heavy atom. The van der Waals surface area contributed by atoms with E-state index in [1.54, 1.807) is 4.68 Å². The molecule has 6 atom stereocenters. The molecule has 0 radical (unpaired) electrons. The summed E-state index contributed by atoms with van der Waals surface area (Å²) < 4.78 is 8.37. The van der Waals surface area contributed by atoms with Gasteiger partial charge in [0.25, 0.3) is 0 Å². The summed E-state index contributed by atoms with van der Waals surface area (Å²) in [5, 5.41) is 30.2. The minimum Gasteiger partial charge on any atom is -0.388 e. The minimum absolute atomic E-state index is 0.0794. The van der Waals surface area contributed by atoms with Gasteiger partial charge in [-0.2, -0.15) is 5.10 Å². The first-order valence-electron chi connectivity index (χ1n) is 12.6. The number of aliphatic hydroxyl groups is 2. The predicted octanol–water partition coefficient (Wildman–Crippen LogP) is 2.15. The molecule has 1 amide bonds. The number of fused-ring (bicyclic) bond motifs is 2. The van der Waals surface area contributed by atoms with Crippen molar-refractivity contribution in [1.29, 1.82) is 0 Å². The third-order valence-electron chi connectivity index (χ3n) is 7.96. The molecule has 1 unspecified atom stereocenters. The topological polar surface area (TPSA) is 99.9 Å². The SMILES string of the molecule is Cc1cc(C)n(CC(=O)NCC(O)[C@]23CC[C@@H](N(C)C)[C@H](O)[C@](C)(C[C@@H](c4ccccc4)C2)O3)n1. The molecular formula is C27H40N4O4. The average Bonchev–Trinajstić information content (AvgIpc) is 3.09. The molecule has 2 fully saturated rings. The van der Waals surface area contributed by atoms with Gasteiger partial charge < -0.3 is 25.2 Å². The maximum absolute atomic E-state index is 12.7. The molecule has 0 saturated carbocycles. The number of likely N-dealkylation sites (N-methyl/N-ethyl adjacent to an activating group) is 1. The molecule has 2 aromatic rings. The highest BCUT2D eigenvalue weighted by Gasteiger charge is 2.57. The summed E-state index contributed by atoms with van der Waals surface area (Å²) in [5.41, 5.74) is 1.27. The summed E-state index contributed by atoms with van der Waals surface area (Å²) >= 11 is 0. The first-order valence-corrected chi connectivity index (χ1v) is 12.6. The van der Waals surface area contributed by atoms with E-state index in [1.165, 1.54) is 5.56 Å². The Morgan fingerprint density at radius 1 is 1.29 bits per heavy atom. The molecule has 1 aromatic heterocycles. The second-order valence-electron chi connectivity index (χ2n) is 10.9. The Labute approximate surface area is 208 Å². The number of rotatable bonds is 7. The third kappa shape index (κ3) is 5.31. The van der Waals surface area contributed by atoms with Crippen molar-refractivity contribution < 1.29 is 19.7 Å². The fourth-order valence-corrected chi connectivity index (χ4v) is 6.11. The van der Waals surface area contributed by atoms with Crippen molar-refractivity contribution in [2.45, 2.75) is 88.4 Å². The van der Waals surface area contributed by atoms with E-state index in [-0.39, 0.29) is 31.0 Å². The Morgan fingerprint density at radius 3 is 2.63 bits per heavy atom. The molecule has 0 aliphatic carbocycles. The minimum atomic E-state index is -0.911. The van der Waals surface area contributed by atoms with E-state index in [9.17, 15) is 15.0 Å². The van der Waals surface area contributed by atoms with Crippen LogP contribution in [0.25, 0.3) is 0 Å². The molecule has 8 nitrogen and oxygen atoms in total. The van der Waals surface area contributed by atoms with Crippen LogP contribution in [-0.2, 0) is 16.1 Å². The molecule has 192 valence electrons. The molecule has 0 spiro atoms. The molecule has 2 aliphatic heterocycles. The van der Waals surface area contributed by atoms with Gasteiger partial charge in [0, 0.05) is 18.3 Å². The average molecular weight is 485 g/mol. The van der Waals surface area contributed by atoms with Crippen molar-refractivity contribution in [3.05, 3.63) is 53.3 Å². The van der Waals surface area contributed by atoms with E-state index >= 15 is 0 Å². The summed E-state index contributed by atoms with van der Waals surface area (Å²) in [7, 11) is 3.95. The lowest BCUT2D eigenvalue weighted by molar-refractivity contribution is -0.250. The standard InChI is InChI=1S/C27H40N4O4/c1-18-13-19(2)31(29-18)17-24(33)28-16-23(32)27-12-11-22(30(4)5)25(34)26(3,35-27)14-21(15-27)20-9-7-6-8-10-20/h6-10,13,21-23,25,32,34H,11-12,14-17H2,1-5H3,(H,28,33)/t21-,22-,23?,25+,26+,27+/m1/s1. The summed E-state index contributed by atoms with van der Waals surface area (Å²) in [5.74, 6) is -0.0739. The van der Waals surface area contributed by atoms with E-state index < -0.39 is 23.4 Å². The zero-order valence-corrected chi connectivity index (χ0v) is 21.6. The van der Waals surface area contributed by atoms with Gasteiger partial charge in [-0.3, -0.25) is 9.48 Å². The summed E-state index contributed by atoms with van der Waals surface area (Å²) in [4.78, 5) is 14.7. The number of nitrogens with zero attached hydrogens (tertiary/aromatic N) is 3. The van der Waals surface area contributed by atoms with Gasteiger partial charge in [-0.15, -0.1) is 0 Å². The largest absolute Gasteiger partial charge is 0.388 e. The monoisotopic (exact) mass is 484 g/mol. The number of hydrogen-bond acceptors (Lipinski definition) is 6. The maximum atomic E-state index is 12.7. The Hall–Kier alpha value is -2.26. The first-order chi connectivity index (χ1) is 16.5. The highest BCUT2D eigenvalue weighted by molar-refractivity contribution is 5.75. The van der Waals surface area contributed by atoms with Gasteiger partial charge in [-0.25, -0.2) is 0 Å². The zero-order valence-electron chi connectivity index (χ0n) is 21.6. The number of ether oxygens (including phenoxy) is 1.